The smallest absolute Gasteiger partial charge is 0.222 e. The third kappa shape index (κ3) is 4.59. The lowest BCUT2D eigenvalue weighted by Gasteiger charge is -2.34. The number of piperidine rings is 2. The van der Waals surface area contributed by atoms with E-state index < -0.39 is 0 Å². The summed E-state index contributed by atoms with van der Waals surface area (Å²) in [5.41, 5.74) is 2.04. The van der Waals surface area contributed by atoms with Gasteiger partial charge in [0, 0.05) is 31.1 Å². The number of aromatic nitrogens is 1. The van der Waals surface area contributed by atoms with Crippen molar-refractivity contribution in [3.05, 3.63) is 42.1 Å². The minimum atomic E-state index is 0.344. The van der Waals surface area contributed by atoms with Gasteiger partial charge in [-0.1, -0.05) is 35.5 Å². The molecule has 0 aliphatic carbocycles. The standard InChI is InChI=1S/C22H29N3O2/c26-22(25-11-5-2-6-12-25)14-18-9-10-23-16-19(18)13-20-15-21(27-24-20)17-7-3-1-4-8-17/h1,3-4,7-8,15,18-19,23H,2,5-6,9-14,16H2. The Bertz CT molecular complexity index is 737. The van der Waals surface area contributed by atoms with Gasteiger partial charge in [0.1, 0.15) is 0 Å². The molecule has 0 saturated carbocycles. The number of carbonyl (C=O) groups excluding carboxylic acids is 1. The molecule has 2 fully saturated rings. The Morgan fingerprint density at radius 1 is 1.15 bits per heavy atom. The first-order valence-corrected chi connectivity index (χ1v) is 10.3. The summed E-state index contributed by atoms with van der Waals surface area (Å²) in [7, 11) is 0. The van der Waals surface area contributed by atoms with Crippen LogP contribution in [0.5, 0.6) is 0 Å². The highest BCUT2D eigenvalue weighted by molar-refractivity contribution is 5.76. The fourth-order valence-electron chi connectivity index (χ4n) is 4.40. The summed E-state index contributed by atoms with van der Waals surface area (Å²) >= 11 is 0. The molecule has 1 aromatic heterocycles. The van der Waals surface area contributed by atoms with Crippen molar-refractivity contribution in [2.75, 3.05) is 26.2 Å². The quantitative estimate of drug-likeness (QED) is 0.879. The number of nitrogens with zero attached hydrogens (tertiary/aromatic N) is 2. The lowest BCUT2D eigenvalue weighted by atomic mass is 9.81. The van der Waals surface area contributed by atoms with Crippen molar-refractivity contribution in [3.8, 4) is 11.3 Å². The highest BCUT2D eigenvalue weighted by atomic mass is 16.5. The molecule has 5 nitrogen and oxygen atoms in total. The van der Waals surface area contributed by atoms with E-state index in [1.807, 2.05) is 36.4 Å². The van der Waals surface area contributed by atoms with Crippen LogP contribution >= 0.6 is 0 Å². The van der Waals surface area contributed by atoms with Crippen molar-refractivity contribution in [2.24, 2.45) is 11.8 Å². The molecule has 5 heteroatoms. The van der Waals surface area contributed by atoms with Gasteiger partial charge in [0.05, 0.1) is 5.69 Å². The van der Waals surface area contributed by atoms with Gasteiger partial charge in [0.2, 0.25) is 5.91 Å². The molecule has 0 bridgehead atoms. The molecule has 144 valence electrons. The number of rotatable bonds is 5. The van der Waals surface area contributed by atoms with Gasteiger partial charge in [0.15, 0.2) is 5.76 Å². The van der Waals surface area contributed by atoms with Gasteiger partial charge in [0.25, 0.3) is 0 Å². The average molecular weight is 367 g/mol. The Labute approximate surface area is 161 Å². The average Bonchev–Trinajstić information content (AvgIpc) is 3.19. The molecule has 2 aliphatic heterocycles. The van der Waals surface area contributed by atoms with Crippen LogP contribution in [0.4, 0.5) is 0 Å². The maximum Gasteiger partial charge on any atom is 0.222 e. The predicted molar refractivity (Wildman–Crippen MR) is 105 cm³/mol. The van der Waals surface area contributed by atoms with Crippen molar-refractivity contribution < 1.29 is 9.32 Å². The van der Waals surface area contributed by atoms with Gasteiger partial charge < -0.3 is 14.7 Å². The molecular formula is C22H29N3O2. The molecular weight excluding hydrogens is 338 g/mol. The van der Waals surface area contributed by atoms with E-state index in [0.29, 0.717) is 24.2 Å². The molecule has 1 amide bonds. The maximum absolute atomic E-state index is 12.7. The zero-order valence-electron chi connectivity index (χ0n) is 15.9. The third-order valence-electron chi connectivity index (χ3n) is 6.00. The summed E-state index contributed by atoms with van der Waals surface area (Å²) in [5, 5.41) is 7.79. The summed E-state index contributed by atoms with van der Waals surface area (Å²) in [6.07, 6.45) is 6.17. The van der Waals surface area contributed by atoms with E-state index >= 15 is 0 Å². The fraction of sp³-hybridized carbons (Fsp3) is 0.545. The lowest BCUT2D eigenvalue weighted by molar-refractivity contribution is -0.133. The zero-order chi connectivity index (χ0) is 18.5. The van der Waals surface area contributed by atoms with E-state index in [1.54, 1.807) is 0 Å². The number of hydrogen-bond donors (Lipinski definition) is 1. The van der Waals surface area contributed by atoms with Crippen LogP contribution < -0.4 is 5.32 Å². The molecule has 3 heterocycles. The number of nitrogens with one attached hydrogen (secondary N) is 1. The number of carbonyl (C=O) groups is 1. The second-order valence-electron chi connectivity index (χ2n) is 7.91. The highest BCUT2D eigenvalue weighted by Gasteiger charge is 2.30. The summed E-state index contributed by atoms with van der Waals surface area (Å²) in [6.45, 7) is 3.84. The Kier molecular flexibility index (Phi) is 5.87. The van der Waals surface area contributed by atoms with E-state index in [1.165, 1.54) is 6.42 Å². The minimum Gasteiger partial charge on any atom is -0.356 e. The second kappa shape index (κ2) is 8.70. The van der Waals surface area contributed by atoms with Crippen LogP contribution in [0.25, 0.3) is 11.3 Å². The Balaban J connectivity index is 1.39. The molecule has 1 aromatic carbocycles. The first-order chi connectivity index (χ1) is 13.3. The maximum atomic E-state index is 12.7. The van der Waals surface area contributed by atoms with Gasteiger partial charge in [-0.3, -0.25) is 4.79 Å². The molecule has 0 spiro atoms. The van der Waals surface area contributed by atoms with Crippen LogP contribution in [0.1, 0.15) is 37.8 Å². The molecule has 2 saturated heterocycles. The normalized spacial score (nSPS) is 23.3. The van der Waals surface area contributed by atoms with Gasteiger partial charge in [-0.2, -0.15) is 0 Å². The second-order valence-corrected chi connectivity index (χ2v) is 7.91. The molecule has 2 unspecified atom stereocenters. The van der Waals surface area contributed by atoms with E-state index in [2.05, 4.69) is 15.4 Å². The number of amides is 1. The van der Waals surface area contributed by atoms with Gasteiger partial charge in [-0.05, 0) is 57.0 Å². The number of benzene rings is 1. The molecule has 4 rings (SSSR count). The SMILES string of the molecule is O=C(CC1CCNCC1Cc1cc(-c2ccccc2)on1)N1CCCCC1. The van der Waals surface area contributed by atoms with Crippen molar-refractivity contribution in [3.63, 3.8) is 0 Å². The van der Waals surface area contributed by atoms with Gasteiger partial charge in [-0.15, -0.1) is 0 Å². The fourth-order valence-corrected chi connectivity index (χ4v) is 4.40. The number of hydrogen-bond acceptors (Lipinski definition) is 4. The Morgan fingerprint density at radius 3 is 2.78 bits per heavy atom. The molecule has 27 heavy (non-hydrogen) atoms. The van der Waals surface area contributed by atoms with Gasteiger partial charge in [-0.25, -0.2) is 0 Å². The molecule has 0 radical (unpaired) electrons. The van der Waals surface area contributed by atoms with Crippen LogP contribution in [0, 0.1) is 11.8 Å². The first kappa shape index (κ1) is 18.2. The monoisotopic (exact) mass is 367 g/mol. The summed E-state index contributed by atoms with van der Waals surface area (Å²) in [5.74, 6) is 2.02. The number of likely N-dealkylation sites (tertiary alicyclic amines) is 1. The van der Waals surface area contributed by atoms with E-state index in [4.69, 9.17) is 4.52 Å². The molecule has 2 atom stereocenters. The Hall–Kier alpha value is -2.14. The van der Waals surface area contributed by atoms with Crippen molar-refractivity contribution in [1.82, 2.24) is 15.4 Å². The van der Waals surface area contributed by atoms with Crippen LogP contribution in [-0.4, -0.2) is 42.1 Å². The Morgan fingerprint density at radius 2 is 1.96 bits per heavy atom. The van der Waals surface area contributed by atoms with Crippen LogP contribution in [0.15, 0.2) is 40.9 Å². The van der Waals surface area contributed by atoms with Crippen molar-refractivity contribution in [2.45, 2.75) is 38.5 Å². The highest BCUT2D eigenvalue weighted by Crippen LogP contribution is 2.29. The first-order valence-electron chi connectivity index (χ1n) is 10.3. The van der Waals surface area contributed by atoms with Crippen LogP contribution in [0.2, 0.25) is 0 Å². The lowest BCUT2D eigenvalue weighted by Crippen LogP contribution is -2.42. The summed E-state index contributed by atoms with van der Waals surface area (Å²) in [4.78, 5) is 14.8. The van der Waals surface area contributed by atoms with Crippen molar-refractivity contribution in [1.29, 1.82) is 0 Å². The van der Waals surface area contributed by atoms with Crippen LogP contribution in [0.3, 0.4) is 0 Å². The minimum absolute atomic E-state index is 0.344. The van der Waals surface area contributed by atoms with E-state index in [0.717, 1.165) is 68.9 Å². The van der Waals surface area contributed by atoms with Crippen LogP contribution in [-0.2, 0) is 11.2 Å². The van der Waals surface area contributed by atoms with E-state index in [-0.39, 0.29) is 0 Å². The third-order valence-corrected chi connectivity index (χ3v) is 6.00. The summed E-state index contributed by atoms with van der Waals surface area (Å²) in [6, 6.07) is 12.1. The summed E-state index contributed by atoms with van der Waals surface area (Å²) < 4.78 is 5.56. The van der Waals surface area contributed by atoms with E-state index in [9.17, 15) is 4.79 Å². The molecule has 2 aromatic rings. The molecule has 1 N–H and O–H groups in total. The van der Waals surface area contributed by atoms with Crippen molar-refractivity contribution >= 4 is 5.91 Å². The largest absolute Gasteiger partial charge is 0.356 e. The topological polar surface area (TPSA) is 58.4 Å². The molecule has 2 aliphatic rings. The van der Waals surface area contributed by atoms with Gasteiger partial charge >= 0.3 is 0 Å². The predicted octanol–water partition coefficient (Wildman–Crippen LogP) is 3.51. The zero-order valence-corrected chi connectivity index (χ0v) is 15.9.